The average molecular weight is 328 g/mol. The maximum atomic E-state index is 5.41. The number of ether oxygens (including phenoxy) is 2. The fourth-order valence-electron chi connectivity index (χ4n) is 1.90. The minimum absolute atomic E-state index is 0.143. The van der Waals surface area contributed by atoms with Gasteiger partial charge in [-0.25, -0.2) is 0 Å². The van der Waals surface area contributed by atoms with Crippen LogP contribution >= 0.6 is 11.8 Å². The Hall–Kier alpha value is -0.550. The molecular formula is C18H33NO2S. The van der Waals surface area contributed by atoms with Crippen molar-refractivity contribution in [1.29, 1.82) is 0 Å². The molecule has 0 aromatic carbocycles. The van der Waals surface area contributed by atoms with Crippen molar-refractivity contribution in [1.82, 2.24) is 5.32 Å². The van der Waals surface area contributed by atoms with E-state index in [-0.39, 0.29) is 11.7 Å². The van der Waals surface area contributed by atoms with Crippen LogP contribution in [0.15, 0.2) is 36.5 Å². The van der Waals surface area contributed by atoms with Crippen molar-refractivity contribution < 1.29 is 9.47 Å². The molecule has 1 aliphatic rings. The van der Waals surface area contributed by atoms with Gasteiger partial charge in [-0.15, -0.1) is 11.8 Å². The fourth-order valence-corrected chi connectivity index (χ4v) is 3.45. The van der Waals surface area contributed by atoms with E-state index in [2.05, 4.69) is 18.0 Å². The molecule has 0 aromatic rings. The minimum Gasteiger partial charge on any atom is -0.353 e. The molecule has 0 radical (unpaired) electrons. The van der Waals surface area contributed by atoms with Crippen LogP contribution in [0.2, 0.25) is 0 Å². The highest BCUT2D eigenvalue weighted by Crippen LogP contribution is 2.34. The Kier molecular flexibility index (Phi) is 13.7. The van der Waals surface area contributed by atoms with Crippen LogP contribution in [0, 0.1) is 0 Å². The Bertz CT molecular complexity index is 334. The summed E-state index contributed by atoms with van der Waals surface area (Å²) in [5.41, 5.74) is 1.16. The van der Waals surface area contributed by atoms with Crippen LogP contribution in [0.5, 0.6) is 0 Å². The molecule has 0 heterocycles. The van der Waals surface area contributed by atoms with E-state index in [1.54, 1.807) is 14.2 Å². The molecule has 22 heavy (non-hydrogen) atoms. The number of rotatable bonds is 10. The van der Waals surface area contributed by atoms with Crippen molar-refractivity contribution in [3.05, 3.63) is 36.5 Å². The monoisotopic (exact) mass is 327 g/mol. The number of nitrogens with one attached hydrogen (secondary N) is 1. The van der Waals surface area contributed by atoms with Gasteiger partial charge < -0.3 is 9.47 Å². The molecule has 1 saturated carbocycles. The highest BCUT2D eigenvalue weighted by molar-refractivity contribution is 8.00. The molecule has 0 aliphatic heterocycles. The quantitative estimate of drug-likeness (QED) is 0.472. The van der Waals surface area contributed by atoms with Gasteiger partial charge in [0, 0.05) is 26.0 Å². The lowest BCUT2D eigenvalue weighted by Crippen LogP contribution is -2.42. The molecule has 0 saturated heterocycles. The van der Waals surface area contributed by atoms with Crippen molar-refractivity contribution in [3.8, 4) is 0 Å². The van der Waals surface area contributed by atoms with Crippen LogP contribution in [-0.4, -0.2) is 37.7 Å². The highest BCUT2D eigenvalue weighted by Gasteiger charge is 2.28. The summed E-state index contributed by atoms with van der Waals surface area (Å²) in [4.78, 5) is 0. The van der Waals surface area contributed by atoms with E-state index >= 15 is 0 Å². The second-order valence-corrected chi connectivity index (χ2v) is 6.25. The topological polar surface area (TPSA) is 30.5 Å². The highest BCUT2D eigenvalue weighted by atomic mass is 32.2. The average Bonchev–Trinajstić information content (AvgIpc) is 2.53. The van der Waals surface area contributed by atoms with Gasteiger partial charge >= 0.3 is 0 Å². The second kappa shape index (κ2) is 14.1. The van der Waals surface area contributed by atoms with Crippen molar-refractivity contribution >= 4 is 11.8 Å². The number of methoxy groups -OCH3 is 2. The second-order valence-electron chi connectivity index (χ2n) is 4.80. The molecule has 3 nitrogen and oxygen atoms in total. The van der Waals surface area contributed by atoms with E-state index < -0.39 is 0 Å². The Morgan fingerprint density at radius 3 is 2.36 bits per heavy atom. The molecule has 1 N–H and O–H groups in total. The third-order valence-corrected chi connectivity index (χ3v) is 4.91. The minimum atomic E-state index is -0.228. The molecule has 0 bridgehead atoms. The van der Waals surface area contributed by atoms with Gasteiger partial charge in [-0.3, -0.25) is 5.32 Å². The predicted molar refractivity (Wildman–Crippen MR) is 99.3 cm³/mol. The van der Waals surface area contributed by atoms with E-state index in [4.69, 9.17) is 9.47 Å². The molecule has 1 rings (SSSR count). The first-order valence-electron chi connectivity index (χ1n) is 8.13. The Morgan fingerprint density at radius 1 is 1.32 bits per heavy atom. The predicted octanol–water partition coefficient (Wildman–Crippen LogP) is 4.52. The van der Waals surface area contributed by atoms with Gasteiger partial charge in [0.25, 0.3) is 0 Å². The summed E-state index contributed by atoms with van der Waals surface area (Å²) in [6.45, 7) is 10.6. The molecule has 1 fully saturated rings. The molecule has 4 heteroatoms. The first-order chi connectivity index (χ1) is 10.7. The van der Waals surface area contributed by atoms with Crippen LogP contribution in [-0.2, 0) is 9.47 Å². The molecule has 0 amide bonds. The number of hydrogen-bond donors (Lipinski definition) is 1. The van der Waals surface area contributed by atoms with Crippen molar-refractivity contribution in [3.63, 3.8) is 0 Å². The zero-order chi connectivity index (χ0) is 16.8. The normalized spacial score (nSPS) is 17.1. The smallest absolute Gasteiger partial charge is 0.181 e. The van der Waals surface area contributed by atoms with Gasteiger partial charge in [-0.05, 0) is 25.3 Å². The van der Waals surface area contributed by atoms with E-state index in [1.807, 2.05) is 50.8 Å². The summed E-state index contributed by atoms with van der Waals surface area (Å²) < 4.78 is 10.8. The summed E-state index contributed by atoms with van der Waals surface area (Å²) in [7, 11) is 3.38. The molecule has 0 aromatic heterocycles. The third kappa shape index (κ3) is 8.18. The lowest BCUT2D eigenvalue weighted by molar-refractivity contribution is -0.106. The van der Waals surface area contributed by atoms with Gasteiger partial charge in [0.2, 0.25) is 0 Å². The maximum absolute atomic E-state index is 5.41. The Balaban J connectivity index is 0.00000211. The van der Waals surface area contributed by atoms with Gasteiger partial charge in [-0.2, -0.15) is 0 Å². The van der Waals surface area contributed by atoms with Crippen molar-refractivity contribution in [2.45, 2.75) is 56.9 Å². The number of hydrogen-bond acceptors (Lipinski definition) is 4. The van der Waals surface area contributed by atoms with Gasteiger partial charge in [0.05, 0.1) is 0 Å². The Labute approximate surface area is 141 Å². The molecule has 1 aliphatic carbocycles. The number of thioether (sulfide) groups is 1. The molecule has 128 valence electrons. The van der Waals surface area contributed by atoms with Crippen LogP contribution < -0.4 is 5.32 Å². The van der Waals surface area contributed by atoms with E-state index in [0.717, 1.165) is 17.4 Å². The SMILES string of the molecule is C=C/C(=C\C=C/C)CNC(SC1CCC1)C(OC)OC.CC. The molecule has 1 unspecified atom stereocenters. The zero-order valence-electron chi connectivity index (χ0n) is 14.8. The third-order valence-electron chi connectivity index (χ3n) is 3.38. The van der Waals surface area contributed by atoms with Crippen LogP contribution in [0.25, 0.3) is 0 Å². The first-order valence-corrected chi connectivity index (χ1v) is 9.08. The van der Waals surface area contributed by atoms with Crippen molar-refractivity contribution in [2.24, 2.45) is 0 Å². The van der Waals surface area contributed by atoms with Gasteiger partial charge in [0.1, 0.15) is 5.37 Å². The van der Waals surface area contributed by atoms with E-state index in [0.29, 0.717) is 0 Å². The lowest BCUT2D eigenvalue weighted by atomic mass is 10.0. The summed E-state index contributed by atoms with van der Waals surface area (Å²) in [6, 6.07) is 0. The number of allylic oxidation sites excluding steroid dienone is 3. The summed E-state index contributed by atoms with van der Waals surface area (Å²) in [5, 5.41) is 4.39. The van der Waals surface area contributed by atoms with E-state index in [1.165, 1.54) is 19.3 Å². The molecule has 0 spiro atoms. The van der Waals surface area contributed by atoms with Crippen LogP contribution in [0.1, 0.15) is 40.0 Å². The zero-order valence-corrected chi connectivity index (χ0v) is 15.6. The summed E-state index contributed by atoms with van der Waals surface area (Å²) in [5.74, 6) is 0. The maximum Gasteiger partial charge on any atom is 0.181 e. The largest absolute Gasteiger partial charge is 0.353 e. The summed E-state index contributed by atoms with van der Waals surface area (Å²) >= 11 is 1.92. The molecule has 1 atom stereocenters. The van der Waals surface area contributed by atoms with Crippen molar-refractivity contribution in [2.75, 3.05) is 20.8 Å². The van der Waals surface area contributed by atoms with Gasteiger partial charge in [-0.1, -0.05) is 51.2 Å². The first kappa shape index (κ1) is 21.4. The van der Waals surface area contributed by atoms with Gasteiger partial charge in [0.15, 0.2) is 6.29 Å². The fraction of sp³-hybridized carbons (Fsp3) is 0.667. The van der Waals surface area contributed by atoms with Crippen LogP contribution in [0.3, 0.4) is 0 Å². The summed E-state index contributed by atoms with van der Waals surface area (Å²) in [6.07, 6.45) is 11.7. The standard InChI is InChI=1S/C16H27NO2S.C2H6/c1-5-7-9-13(6-2)12-17-15(16(18-3)19-4)20-14-10-8-11-14;1-2/h5-7,9,14-17H,2,8,10-12H2,1,3-4H3;1-2H3/b7-5-,13-9+;. The Morgan fingerprint density at radius 2 is 1.95 bits per heavy atom. The lowest BCUT2D eigenvalue weighted by Gasteiger charge is -2.33. The molecular weight excluding hydrogens is 294 g/mol. The van der Waals surface area contributed by atoms with E-state index in [9.17, 15) is 0 Å². The van der Waals surface area contributed by atoms with Crippen LogP contribution in [0.4, 0.5) is 0 Å².